The molecule has 0 saturated carbocycles. The van der Waals surface area contributed by atoms with E-state index in [-0.39, 0.29) is 0 Å². The van der Waals surface area contributed by atoms with Crippen LogP contribution >= 0.6 is 0 Å². The van der Waals surface area contributed by atoms with Crippen LogP contribution in [0.2, 0.25) is 0 Å². The van der Waals surface area contributed by atoms with Crippen molar-refractivity contribution >= 4 is 5.71 Å². The van der Waals surface area contributed by atoms with Crippen molar-refractivity contribution in [1.29, 1.82) is 0 Å². The third-order valence-corrected chi connectivity index (χ3v) is 3.89. The topological polar surface area (TPSA) is 78.7 Å². The Morgan fingerprint density at radius 3 is 2.65 bits per heavy atom. The summed E-state index contributed by atoms with van der Waals surface area (Å²) in [5, 5.41) is 14.6. The van der Waals surface area contributed by atoms with E-state index in [0.29, 0.717) is 6.42 Å². The number of oxime groups is 1. The number of ether oxygens (including phenoxy) is 4. The third kappa shape index (κ3) is 2.14. The van der Waals surface area contributed by atoms with Gasteiger partial charge in [0.15, 0.2) is 18.2 Å². The lowest BCUT2D eigenvalue weighted by atomic mass is 9.97. The molecule has 0 radical (unpaired) electrons. The van der Waals surface area contributed by atoms with Crippen LogP contribution < -0.4 is 0 Å². The minimum atomic E-state index is -1.52. The van der Waals surface area contributed by atoms with E-state index in [1.165, 1.54) is 7.11 Å². The number of rotatable bonds is 3. The predicted molar refractivity (Wildman–Crippen MR) is 67.9 cm³/mol. The van der Waals surface area contributed by atoms with E-state index in [1.807, 2.05) is 20.8 Å². The summed E-state index contributed by atoms with van der Waals surface area (Å²) in [6.07, 6.45) is -1.11. The summed E-state index contributed by atoms with van der Waals surface area (Å²) in [6.45, 7) is 5.60. The van der Waals surface area contributed by atoms with Crippen LogP contribution in [0.25, 0.3) is 0 Å². The molecule has 1 N–H and O–H groups in total. The largest absolute Gasteiger partial charge is 0.357 e. The van der Waals surface area contributed by atoms with Crippen LogP contribution in [0.3, 0.4) is 0 Å². The summed E-state index contributed by atoms with van der Waals surface area (Å²) < 4.78 is 22.6. The summed E-state index contributed by atoms with van der Waals surface area (Å²) in [5.74, 6) is -2.26. The van der Waals surface area contributed by atoms with E-state index in [0.717, 1.165) is 12.1 Å². The van der Waals surface area contributed by atoms with Crippen molar-refractivity contribution in [1.82, 2.24) is 0 Å². The quantitative estimate of drug-likeness (QED) is 0.825. The van der Waals surface area contributed by atoms with Crippen molar-refractivity contribution in [2.45, 2.75) is 69.8 Å². The lowest BCUT2D eigenvalue weighted by Crippen LogP contribution is -2.49. The van der Waals surface area contributed by atoms with E-state index < -0.39 is 36.2 Å². The van der Waals surface area contributed by atoms with Crippen LogP contribution in [0.4, 0.5) is 0 Å². The molecule has 0 bridgehead atoms. The van der Waals surface area contributed by atoms with Crippen molar-refractivity contribution in [2.75, 3.05) is 7.11 Å². The number of hydrogen-bond donors (Lipinski definition) is 1. The molecule has 0 amide bonds. The van der Waals surface area contributed by atoms with E-state index in [1.54, 1.807) is 0 Å². The standard InChI is InChI=1S/C13H21NO6/c1-5-7-6-13(15,20-14-7)10-8-9(11(16-4)17-10)19-12(2,3)18-8/h8-11,15H,5-6H2,1-4H3/t8-,9+,10-,11+,13?/m0/s1. The SMILES string of the molecule is CCC1=NOC(O)([C@H]2O[C@@H](OC)[C@@H]3OC(C)(C)O[C@@H]32)C1. The smallest absolute Gasteiger partial charge is 0.269 e. The average molecular weight is 287 g/mol. The number of hydrogen-bond acceptors (Lipinski definition) is 7. The lowest BCUT2D eigenvalue weighted by Gasteiger charge is -2.30. The first-order valence-corrected chi connectivity index (χ1v) is 6.89. The summed E-state index contributed by atoms with van der Waals surface area (Å²) in [5.41, 5.74) is 0.798. The molecule has 1 unspecified atom stereocenters. The monoisotopic (exact) mass is 287 g/mol. The van der Waals surface area contributed by atoms with Gasteiger partial charge < -0.3 is 28.9 Å². The minimum absolute atomic E-state index is 0.303. The summed E-state index contributed by atoms with van der Waals surface area (Å²) in [4.78, 5) is 5.22. The van der Waals surface area contributed by atoms with Gasteiger partial charge in [-0.15, -0.1) is 0 Å². The molecular formula is C13H21NO6. The molecule has 2 saturated heterocycles. The van der Waals surface area contributed by atoms with Gasteiger partial charge in [-0.25, -0.2) is 0 Å². The van der Waals surface area contributed by atoms with Crippen LogP contribution in [0.1, 0.15) is 33.6 Å². The lowest BCUT2D eigenvalue weighted by molar-refractivity contribution is -0.299. The first-order valence-electron chi connectivity index (χ1n) is 6.89. The molecule has 0 aromatic rings. The normalized spacial score (nSPS) is 46.1. The Hall–Kier alpha value is -0.730. The molecule has 0 spiro atoms. The van der Waals surface area contributed by atoms with Crippen molar-refractivity contribution in [3.63, 3.8) is 0 Å². The number of aliphatic hydroxyl groups is 1. The van der Waals surface area contributed by atoms with Gasteiger partial charge in [0.05, 0.1) is 12.1 Å². The maximum Gasteiger partial charge on any atom is 0.269 e. The van der Waals surface area contributed by atoms with Gasteiger partial charge in [-0.2, -0.15) is 0 Å². The Kier molecular flexibility index (Phi) is 3.30. The number of fused-ring (bicyclic) bond motifs is 1. The van der Waals surface area contributed by atoms with Crippen LogP contribution in [-0.2, 0) is 23.8 Å². The first-order chi connectivity index (χ1) is 9.38. The molecule has 0 aliphatic carbocycles. The first kappa shape index (κ1) is 14.2. The second-order valence-corrected chi connectivity index (χ2v) is 5.85. The van der Waals surface area contributed by atoms with E-state index in [4.69, 9.17) is 23.8 Å². The molecule has 0 aromatic carbocycles. The highest BCUT2D eigenvalue weighted by molar-refractivity contribution is 5.85. The Bertz CT molecular complexity index is 425. The molecule has 3 rings (SSSR count). The Morgan fingerprint density at radius 1 is 1.35 bits per heavy atom. The van der Waals surface area contributed by atoms with Gasteiger partial charge in [0.1, 0.15) is 12.2 Å². The molecule has 7 heteroatoms. The van der Waals surface area contributed by atoms with Gasteiger partial charge in [0, 0.05) is 7.11 Å². The zero-order chi connectivity index (χ0) is 14.5. The summed E-state index contributed by atoms with van der Waals surface area (Å²) in [6, 6.07) is 0. The maximum atomic E-state index is 10.7. The van der Waals surface area contributed by atoms with Gasteiger partial charge in [-0.05, 0) is 20.3 Å². The van der Waals surface area contributed by atoms with E-state index in [9.17, 15) is 5.11 Å². The Labute approximate surface area is 117 Å². The van der Waals surface area contributed by atoms with E-state index >= 15 is 0 Å². The zero-order valence-electron chi connectivity index (χ0n) is 12.2. The Morgan fingerprint density at radius 2 is 2.05 bits per heavy atom. The fourth-order valence-corrected chi connectivity index (χ4v) is 2.96. The molecule has 3 aliphatic heterocycles. The van der Waals surface area contributed by atoms with Crippen molar-refractivity contribution < 1.29 is 28.9 Å². The highest BCUT2D eigenvalue weighted by atomic mass is 16.8. The average Bonchev–Trinajstić information content (AvgIpc) is 3.00. The van der Waals surface area contributed by atoms with Crippen LogP contribution in [0, 0.1) is 0 Å². The van der Waals surface area contributed by atoms with Gasteiger partial charge in [0.25, 0.3) is 5.79 Å². The molecule has 2 fully saturated rings. The molecule has 20 heavy (non-hydrogen) atoms. The van der Waals surface area contributed by atoms with Crippen molar-refractivity contribution in [3.8, 4) is 0 Å². The van der Waals surface area contributed by atoms with Gasteiger partial charge in [0.2, 0.25) is 0 Å². The molecule has 5 atom stereocenters. The van der Waals surface area contributed by atoms with E-state index in [2.05, 4.69) is 5.16 Å². The molecule has 3 heterocycles. The predicted octanol–water partition coefficient (Wildman–Crippen LogP) is 0.753. The van der Waals surface area contributed by atoms with Crippen molar-refractivity contribution in [3.05, 3.63) is 0 Å². The van der Waals surface area contributed by atoms with Gasteiger partial charge in [-0.1, -0.05) is 12.1 Å². The molecule has 114 valence electrons. The molecular weight excluding hydrogens is 266 g/mol. The highest BCUT2D eigenvalue weighted by Gasteiger charge is 2.63. The summed E-state index contributed by atoms with van der Waals surface area (Å²) in [7, 11) is 1.53. The highest BCUT2D eigenvalue weighted by Crippen LogP contribution is 2.44. The molecule has 7 nitrogen and oxygen atoms in total. The second-order valence-electron chi connectivity index (χ2n) is 5.85. The second kappa shape index (κ2) is 4.64. The third-order valence-electron chi connectivity index (χ3n) is 3.89. The fraction of sp³-hybridized carbons (Fsp3) is 0.923. The zero-order valence-corrected chi connectivity index (χ0v) is 12.2. The summed E-state index contributed by atoms with van der Waals surface area (Å²) >= 11 is 0. The van der Waals surface area contributed by atoms with Crippen LogP contribution in [-0.4, -0.2) is 54.1 Å². The maximum absolute atomic E-state index is 10.7. The van der Waals surface area contributed by atoms with Gasteiger partial charge in [-0.3, -0.25) is 0 Å². The molecule has 3 aliphatic rings. The van der Waals surface area contributed by atoms with Crippen LogP contribution in [0.15, 0.2) is 5.16 Å². The number of methoxy groups -OCH3 is 1. The Balaban J connectivity index is 1.81. The molecule has 0 aromatic heterocycles. The van der Waals surface area contributed by atoms with Gasteiger partial charge >= 0.3 is 0 Å². The van der Waals surface area contributed by atoms with Crippen molar-refractivity contribution in [2.24, 2.45) is 5.16 Å². The minimum Gasteiger partial charge on any atom is -0.357 e. The fourth-order valence-electron chi connectivity index (χ4n) is 2.96. The van der Waals surface area contributed by atoms with Crippen LogP contribution in [0.5, 0.6) is 0 Å². The number of nitrogens with zero attached hydrogens (tertiary/aromatic N) is 1.